The number of hydrogen-bond acceptors (Lipinski definition) is 4. The minimum absolute atomic E-state index is 0.226. The maximum absolute atomic E-state index is 12.7. The first-order chi connectivity index (χ1) is 8.75. The Morgan fingerprint density at radius 2 is 2.00 bits per heavy atom. The summed E-state index contributed by atoms with van der Waals surface area (Å²) < 4.78 is 17.7. The van der Waals surface area contributed by atoms with Gasteiger partial charge in [-0.15, -0.1) is 0 Å². The summed E-state index contributed by atoms with van der Waals surface area (Å²) in [5.41, 5.74) is 1.14. The maximum Gasteiger partial charge on any atom is 0.357 e. The monoisotopic (exact) mass is 246 g/mol. The van der Waals surface area contributed by atoms with Gasteiger partial charge in [0.25, 0.3) is 0 Å². The molecule has 1 heterocycles. The van der Waals surface area contributed by atoms with Crippen molar-refractivity contribution in [3.05, 3.63) is 59.9 Å². The van der Waals surface area contributed by atoms with Crippen LogP contribution in [0.2, 0.25) is 0 Å². The quantitative estimate of drug-likeness (QED) is 0.774. The SMILES string of the molecule is O=C(OCCc1ccc(F)cc1)c1ccncn1. The molecule has 0 bridgehead atoms. The Morgan fingerprint density at radius 1 is 1.22 bits per heavy atom. The highest BCUT2D eigenvalue weighted by Gasteiger charge is 2.07. The minimum Gasteiger partial charge on any atom is -0.461 e. The zero-order valence-electron chi connectivity index (χ0n) is 9.54. The summed E-state index contributed by atoms with van der Waals surface area (Å²) in [5.74, 6) is -0.767. The topological polar surface area (TPSA) is 52.1 Å². The van der Waals surface area contributed by atoms with Crippen LogP contribution in [0, 0.1) is 5.82 Å². The molecule has 0 radical (unpaired) electrons. The summed E-state index contributed by atoms with van der Waals surface area (Å²) in [6.45, 7) is 0.231. The molecule has 0 spiro atoms. The molecule has 0 aliphatic carbocycles. The molecule has 92 valence electrons. The van der Waals surface area contributed by atoms with Gasteiger partial charge in [-0.3, -0.25) is 0 Å². The number of esters is 1. The van der Waals surface area contributed by atoms with E-state index in [4.69, 9.17) is 4.74 Å². The first-order valence-corrected chi connectivity index (χ1v) is 5.43. The molecule has 0 fully saturated rings. The fourth-order valence-electron chi connectivity index (χ4n) is 1.40. The van der Waals surface area contributed by atoms with Gasteiger partial charge in [0.15, 0.2) is 5.69 Å². The number of benzene rings is 1. The number of aromatic nitrogens is 2. The van der Waals surface area contributed by atoms with Gasteiger partial charge in [-0.1, -0.05) is 12.1 Å². The van der Waals surface area contributed by atoms with Crippen molar-refractivity contribution in [2.75, 3.05) is 6.61 Å². The second kappa shape index (κ2) is 5.86. The van der Waals surface area contributed by atoms with Crippen LogP contribution in [0.3, 0.4) is 0 Å². The Morgan fingerprint density at radius 3 is 2.67 bits per heavy atom. The molecule has 0 aliphatic heterocycles. The third-order valence-corrected chi connectivity index (χ3v) is 2.33. The average molecular weight is 246 g/mol. The lowest BCUT2D eigenvalue weighted by Crippen LogP contribution is -2.09. The van der Waals surface area contributed by atoms with E-state index >= 15 is 0 Å². The smallest absolute Gasteiger partial charge is 0.357 e. The number of rotatable bonds is 4. The fraction of sp³-hybridized carbons (Fsp3) is 0.154. The van der Waals surface area contributed by atoms with Gasteiger partial charge in [-0.25, -0.2) is 19.2 Å². The molecule has 0 unspecified atom stereocenters. The second-order valence-corrected chi connectivity index (χ2v) is 3.61. The highest BCUT2D eigenvalue weighted by molar-refractivity contribution is 5.86. The van der Waals surface area contributed by atoms with Crippen LogP contribution in [-0.4, -0.2) is 22.5 Å². The zero-order valence-corrected chi connectivity index (χ0v) is 9.54. The average Bonchev–Trinajstić information content (AvgIpc) is 2.42. The molecule has 0 saturated heterocycles. The largest absolute Gasteiger partial charge is 0.461 e. The number of nitrogens with zero attached hydrogens (tertiary/aromatic N) is 2. The molecule has 0 aliphatic rings. The molecular formula is C13H11FN2O2. The molecule has 5 heteroatoms. The van der Waals surface area contributed by atoms with Crippen LogP contribution in [0.1, 0.15) is 16.1 Å². The van der Waals surface area contributed by atoms with Crippen molar-refractivity contribution in [1.29, 1.82) is 0 Å². The van der Waals surface area contributed by atoms with Gasteiger partial charge >= 0.3 is 5.97 Å². The summed E-state index contributed by atoms with van der Waals surface area (Å²) in [6, 6.07) is 7.56. The van der Waals surface area contributed by atoms with Crippen LogP contribution >= 0.6 is 0 Å². The van der Waals surface area contributed by atoms with Crippen molar-refractivity contribution in [2.45, 2.75) is 6.42 Å². The Balaban J connectivity index is 1.82. The molecule has 4 nitrogen and oxygen atoms in total. The molecule has 2 aromatic rings. The van der Waals surface area contributed by atoms with Crippen molar-refractivity contribution in [2.24, 2.45) is 0 Å². The summed E-state index contributed by atoms with van der Waals surface area (Å²) in [4.78, 5) is 19.0. The molecule has 1 aromatic carbocycles. The number of carbonyl (C=O) groups excluding carboxylic acids is 1. The predicted molar refractivity (Wildman–Crippen MR) is 62.4 cm³/mol. The van der Waals surface area contributed by atoms with Gasteiger partial charge < -0.3 is 4.74 Å². The van der Waals surface area contributed by atoms with Crippen LogP contribution in [0.25, 0.3) is 0 Å². The first-order valence-electron chi connectivity index (χ1n) is 5.43. The van der Waals surface area contributed by atoms with Crippen molar-refractivity contribution >= 4 is 5.97 Å². The van der Waals surface area contributed by atoms with E-state index in [1.54, 1.807) is 12.1 Å². The van der Waals surface area contributed by atoms with Gasteiger partial charge in [-0.05, 0) is 23.8 Å². The van der Waals surface area contributed by atoms with Crippen molar-refractivity contribution in [3.63, 3.8) is 0 Å². The number of ether oxygens (including phenoxy) is 1. The third-order valence-electron chi connectivity index (χ3n) is 2.33. The molecule has 0 N–H and O–H groups in total. The van der Waals surface area contributed by atoms with Gasteiger partial charge in [0.2, 0.25) is 0 Å². The van der Waals surface area contributed by atoms with Crippen LogP contribution in [-0.2, 0) is 11.2 Å². The maximum atomic E-state index is 12.7. The normalized spacial score (nSPS) is 10.1. The van der Waals surface area contributed by atoms with Crippen LogP contribution in [0.5, 0.6) is 0 Å². The minimum atomic E-state index is -0.487. The standard InChI is InChI=1S/C13H11FN2O2/c14-11-3-1-10(2-4-11)6-8-18-13(17)12-5-7-15-9-16-12/h1-5,7,9H,6,8H2. The second-order valence-electron chi connectivity index (χ2n) is 3.61. The summed E-state index contributed by atoms with van der Waals surface area (Å²) in [7, 11) is 0. The molecule has 0 saturated carbocycles. The van der Waals surface area contributed by atoms with Gasteiger partial charge in [0.05, 0.1) is 6.61 Å². The summed E-state index contributed by atoms with van der Waals surface area (Å²) >= 11 is 0. The predicted octanol–water partition coefficient (Wildman–Crippen LogP) is 2.02. The third kappa shape index (κ3) is 3.35. The molecular weight excluding hydrogens is 235 g/mol. The van der Waals surface area contributed by atoms with Gasteiger partial charge in [-0.2, -0.15) is 0 Å². The number of carbonyl (C=O) groups is 1. The Labute approximate surface area is 103 Å². The van der Waals surface area contributed by atoms with Gasteiger partial charge in [0, 0.05) is 12.6 Å². The lowest BCUT2D eigenvalue weighted by Gasteiger charge is -2.04. The Bertz CT molecular complexity index is 514. The van der Waals surface area contributed by atoms with Crippen LogP contribution in [0.15, 0.2) is 42.9 Å². The van der Waals surface area contributed by atoms with Gasteiger partial charge in [0.1, 0.15) is 12.1 Å². The van der Waals surface area contributed by atoms with E-state index in [1.165, 1.54) is 30.7 Å². The molecule has 18 heavy (non-hydrogen) atoms. The summed E-state index contributed by atoms with van der Waals surface area (Å²) in [5, 5.41) is 0. The lowest BCUT2D eigenvalue weighted by molar-refractivity contribution is 0.0502. The number of hydrogen-bond donors (Lipinski definition) is 0. The van der Waals surface area contributed by atoms with E-state index in [1.807, 2.05) is 0 Å². The summed E-state index contributed by atoms with van der Waals surface area (Å²) in [6.07, 6.45) is 3.30. The Kier molecular flexibility index (Phi) is 3.96. The van der Waals surface area contributed by atoms with E-state index in [9.17, 15) is 9.18 Å². The molecule has 0 amide bonds. The zero-order chi connectivity index (χ0) is 12.8. The van der Waals surface area contributed by atoms with Crippen LogP contribution in [0.4, 0.5) is 4.39 Å². The highest BCUT2D eigenvalue weighted by atomic mass is 19.1. The van der Waals surface area contributed by atoms with E-state index in [0.717, 1.165) is 5.56 Å². The van der Waals surface area contributed by atoms with Crippen molar-refractivity contribution < 1.29 is 13.9 Å². The highest BCUT2D eigenvalue weighted by Crippen LogP contribution is 2.04. The first kappa shape index (κ1) is 12.2. The lowest BCUT2D eigenvalue weighted by atomic mass is 10.2. The van der Waals surface area contributed by atoms with Crippen molar-refractivity contribution in [1.82, 2.24) is 9.97 Å². The van der Waals surface area contributed by atoms with Crippen LogP contribution < -0.4 is 0 Å². The van der Waals surface area contributed by atoms with E-state index in [0.29, 0.717) is 6.42 Å². The molecule has 1 aromatic heterocycles. The Hall–Kier alpha value is -2.30. The van der Waals surface area contributed by atoms with E-state index in [2.05, 4.69) is 9.97 Å². The van der Waals surface area contributed by atoms with E-state index in [-0.39, 0.29) is 18.1 Å². The number of halogens is 1. The molecule has 0 atom stereocenters. The van der Waals surface area contributed by atoms with E-state index < -0.39 is 5.97 Å². The molecule has 2 rings (SSSR count). The fourth-order valence-corrected chi connectivity index (χ4v) is 1.40. The van der Waals surface area contributed by atoms with Crippen molar-refractivity contribution in [3.8, 4) is 0 Å².